The minimum Gasteiger partial charge on any atom is -0.469 e. The fraction of sp³-hybridized carbons (Fsp3) is 0.308. The topological polar surface area (TPSA) is 65.5 Å². The van der Waals surface area contributed by atoms with Crippen molar-refractivity contribution in [1.82, 2.24) is 0 Å². The molecule has 2 rings (SSSR count). The van der Waals surface area contributed by atoms with E-state index in [4.69, 9.17) is 10.2 Å². The zero-order chi connectivity index (χ0) is 12.3. The highest BCUT2D eigenvalue weighted by Gasteiger charge is 2.14. The van der Waals surface area contributed by atoms with Crippen LogP contribution in [0.3, 0.4) is 0 Å². The van der Waals surface area contributed by atoms with Crippen molar-refractivity contribution >= 4 is 16.9 Å². The van der Waals surface area contributed by atoms with Crippen molar-refractivity contribution in [1.29, 1.82) is 0 Å². The minimum atomic E-state index is -0.242. The van der Waals surface area contributed by atoms with Gasteiger partial charge in [0.2, 0.25) is 0 Å². The van der Waals surface area contributed by atoms with Crippen molar-refractivity contribution in [2.75, 3.05) is 7.11 Å². The van der Waals surface area contributed by atoms with Crippen LogP contribution in [0.15, 0.2) is 34.9 Å². The highest BCUT2D eigenvalue weighted by atomic mass is 16.5. The monoisotopic (exact) mass is 233 g/mol. The van der Waals surface area contributed by atoms with E-state index in [0.717, 1.165) is 16.5 Å². The van der Waals surface area contributed by atoms with Crippen molar-refractivity contribution in [2.45, 2.75) is 18.9 Å². The zero-order valence-corrected chi connectivity index (χ0v) is 9.68. The molecule has 0 aliphatic rings. The third-order valence-corrected chi connectivity index (χ3v) is 2.80. The molecule has 0 saturated heterocycles. The molecule has 0 fully saturated rings. The van der Waals surface area contributed by atoms with Gasteiger partial charge in [0, 0.05) is 23.4 Å². The predicted molar refractivity (Wildman–Crippen MR) is 64.4 cm³/mol. The van der Waals surface area contributed by atoms with Gasteiger partial charge in [-0.15, -0.1) is 0 Å². The van der Waals surface area contributed by atoms with E-state index in [1.807, 2.05) is 24.3 Å². The largest absolute Gasteiger partial charge is 0.469 e. The number of rotatable bonds is 4. The van der Waals surface area contributed by atoms with Gasteiger partial charge in [0.15, 0.2) is 0 Å². The normalized spacial score (nSPS) is 12.6. The molecule has 4 heteroatoms. The summed E-state index contributed by atoms with van der Waals surface area (Å²) in [4.78, 5) is 11.0. The molecule has 0 saturated carbocycles. The SMILES string of the molecule is COC(=O)CCC(N)c1coc2ccccc12. The Labute approximate surface area is 99.3 Å². The fourth-order valence-corrected chi connectivity index (χ4v) is 1.82. The molecular formula is C13H15NO3. The standard InChI is InChI=1S/C13H15NO3/c1-16-13(15)7-6-11(14)10-8-17-12-5-3-2-4-9(10)12/h2-5,8,11H,6-7,14H2,1H3. The Balaban J connectivity index is 2.13. The van der Waals surface area contributed by atoms with Gasteiger partial charge in [-0.1, -0.05) is 18.2 Å². The van der Waals surface area contributed by atoms with E-state index >= 15 is 0 Å². The Kier molecular flexibility index (Phi) is 3.44. The first kappa shape index (κ1) is 11.7. The lowest BCUT2D eigenvalue weighted by molar-refractivity contribution is -0.140. The quantitative estimate of drug-likeness (QED) is 0.823. The molecule has 1 atom stereocenters. The van der Waals surface area contributed by atoms with Gasteiger partial charge >= 0.3 is 5.97 Å². The van der Waals surface area contributed by atoms with Crippen LogP contribution >= 0.6 is 0 Å². The summed E-state index contributed by atoms with van der Waals surface area (Å²) in [5.41, 5.74) is 7.79. The summed E-state index contributed by atoms with van der Waals surface area (Å²) in [6, 6.07) is 7.50. The summed E-state index contributed by atoms with van der Waals surface area (Å²) in [7, 11) is 1.38. The van der Waals surface area contributed by atoms with Gasteiger partial charge in [-0.25, -0.2) is 0 Å². The zero-order valence-electron chi connectivity index (χ0n) is 9.68. The highest BCUT2D eigenvalue weighted by molar-refractivity contribution is 5.81. The van der Waals surface area contributed by atoms with Gasteiger partial charge < -0.3 is 14.9 Å². The summed E-state index contributed by atoms with van der Waals surface area (Å²) < 4.78 is 9.99. The van der Waals surface area contributed by atoms with Gasteiger partial charge in [0.05, 0.1) is 13.4 Å². The molecule has 2 aromatic rings. The molecule has 90 valence electrons. The molecule has 4 nitrogen and oxygen atoms in total. The van der Waals surface area contributed by atoms with E-state index in [1.54, 1.807) is 6.26 Å². The van der Waals surface area contributed by atoms with Gasteiger partial charge in [-0.2, -0.15) is 0 Å². The number of ether oxygens (including phenoxy) is 1. The fourth-order valence-electron chi connectivity index (χ4n) is 1.82. The Morgan fingerprint density at radius 2 is 2.24 bits per heavy atom. The number of nitrogens with two attached hydrogens (primary N) is 1. The van der Waals surface area contributed by atoms with Crippen LogP contribution in [0.4, 0.5) is 0 Å². The Morgan fingerprint density at radius 3 is 3.00 bits per heavy atom. The van der Waals surface area contributed by atoms with Gasteiger partial charge in [-0.3, -0.25) is 4.79 Å². The molecule has 0 spiro atoms. The Morgan fingerprint density at radius 1 is 1.47 bits per heavy atom. The van der Waals surface area contributed by atoms with E-state index in [-0.39, 0.29) is 12.0 Å². The van der Waals surface area contributed by atoms with Crippen LogP contribution in [-0.4, -0.2) is 13.1 Å². The van der Waals surface area contributed by atoms with Gasteiger partial charge in [0.25, 0.3) is 0 Å². The van der Waals surface area contributed by atoms with Crippen LogP contribution in [0, 0.1) is 0 Å². The van der Waals surface area contributed by atoms with E-state index in [1.165, 1.54) is 7.11 Å². The summed E-state index contributed by atoms with van der Waals surface area (Å²) >= 11 is 0. The Bertz CT molecular complexity index is 518. The average Bonchev–Trinajstić information content (AvgIpc) is 2.79. The minimum absolute atomic E-state index is 0.210. The number of esters is 1. The highest BCUT2D eigenvalue weighted by Crippen LogP contribution is 2.27. The third-order valence-electron chi connectivity index (χ3n) is 2.80. The van der Waals surface area contributed by atoms with Crippen LogP contribution in [-0.2, 0) is 9.53 Å². The van der Waals surface area contributed by atoms with Crippen LogP contribution < -0.4 is 5.73 Å². The van der Waals surface area contributed by atoms with Gasteiger partial charge in [-0.05, 0) is 12.5 Å². The second kappa shape index (κ2) is 5.01. The first-order valence-corrected chi connectivity index (χ1v) is 5.51. The van der Waals surface area contributed by atoms with E-state index in [0.29, 0.717) is 12.8 Å². The number of benzene rings is 1. The lowest BCUT2D eigenvalue weighted by Gasteiger charge is -2.08. The molecular weight excluding hydrogens is 218 g/mol. The molecule has 0 radical (unpaired) electrons. The molecule has 17 heavy (non-hydrogen) atoms. The summed E-state index contributed by atoms with van der Waals surface area (Å²) in [6.07, 6.45) is 2.53. The third kappa shape index (κ3) is 2.47. The number of carbonyl (C=O) groups excluding carboxylic acids is 1. The van der Waals surface area contributed by atoms with Crippen LogP contribution in [0.25, 0.3) is 11.0 Å². The molecule has 2 N–H and O–H groups in total. The Hall–Kier alpha value is -1.81. The van der Waals surface area contributed by atoms with E-state index in [9.17, 15) is 4.79 Å². The van der Waals surface area contributed by atoms with Crippen molar-refractivity contribution in [3.8, 4) is 0 Å². The van der Waals surface area contributed by atoms with Crippen molar-refractivity contribution in [2.24, 2.45) is 5.73 Å². The molecule has 0 amide bonds. The molecule has 0 aliphatic carbocycles. The molecule has 1 unspecified atom stereocenters. The van der Waals surface area contributed by atoms with E-state index in [2.05, 4.69) is 4.74 Å². The second-order valence-corrected chi connectivity index (χ2v) is 3.91. The summed E-state index contributed by atoms with van der Waals surface area (Å²) in [5.74, 6) is -0.242. The smallest absolute Gasteiger partial charge is 0.305 e. The molecule has 0 bridgehead atoms. The lowest BCUT2D eigenvalue weighted by atomic mass is 10.0. The number of furan rings is 1. The summed E-state index contributed by atoms with van der Waals surface area (Å²) in [5, 5.41) is 1.00. The number of hydrogen-bond donors (Lipinski definition) is 1. The maximum atomic E-state index is 11.0. The van der Waals surface area contributed by atoms with Crippen molar-refractivity contribution < 1.29 is 13.9 Å². The van der Waals surface area contributed by atoms with Crippen molar-refractivity contribution in [3.63, 3.8) is 0 Å². The second-order valence-electron chi connectivity index (χ2n) is 3.91. The number of hydrogen-bond acceptors (Lipinski definition) is 4. The van der Waals surface area contributed by atoms with Crippen LogP contribution in [0.5, 0.6) is 0 Å². The molecule has 1 aromatic heterocycles. The van der Waals surface area contributed by atoms with Crippen LogP contribution in [0.2, 0.25) is 0 Å². The average molecular weight is 233 g/mol. The lowest BCUT2D eigenvalue weighted by Crippen LogP contribution is -2.12. The number of para-hydroxylation sites is 1. The molecule has 1 heterocycles. The van der Waals surface area contributed by atoms with Crippen LogP contribution in [0.1, 0.15) is 24.4 Å². The first-order chi connectivity index (χ1) is 8.22. The maximum absolute atomic E-state index is 11.0. The maximum Gasteiger partial charge on any atom is 0.305 e. The molecule has 0 aliphatic heterocycles. The first-order valence-electron chi connectivity index (χ1n) is 5.51. The predicted octanol–water partition coefficient (Wildman–Crippen LogP) is 2.39. The number of fused-ring (bicyclic) bond motifs is 1. The number of carbonyl (C=O) groups is 1. The number of methoxy groups -OCH3 is 1. The van der Waals surface area contributed by atoms with Crippen molar-refractivity contribution in [3.05, 3.63) is 36.1 Å². The molecule has 1 aromatic carbocycles. The summed E-state index contributed by atoms with van der Waals surface area (Å²) in [6.45, 7) is 0. The van der Waals surface area contributed by atoms with Gasteiger partial charge in [0.1, 0.15) is 5.58 Å². The van der Waals surface area contributed by atoms with E-state index < -0.39 is 0 Å².